The van der Waals surface area contributed by atoms with E-state index in [2.05, 4.69) is 162 Å². The van der Waals surface area contributed by atoms with Gasteiger partial charge < -0.3 is 5.73 Å². The van der Waals surface area contributed by atoms with Crippen LogP contribution in [0.2, 0.25) is 0 Å². The zero-order valence-corrected chi connectivity index (χ0v) is 39.9. The maximum Gasteiger partial charge on any atom is 0.522 e. The summed E-state index contributed by atoms with van der Waals surface area (Å²) in [5, 5.41) is 0. The first-order valence-corrected chi connectivity index (χ1v) is 22.1. The molecule has 0 amide bonds. The number of halogens is 3. The monoisotopic (exact) mass is 987 g/mol. The minimum Gasteiger partial charge on any atom is -0.279 e. The molecule has 1 saturated carbocycles. The average Bonchev–Trinajstić information content (AvgIpc) is 3.08. The summed E-state index contributed by atoms with van der Waals surface area (Å²) < 4.78 is 62.4. The van der Waals surface area contributed by atoms with Crippen molar-refractivity contribution in [1.29, 1.82) is 0 Å². The van der Waals surface area contributed by atoms with Gasteiger partial charge in [-0.2, -0.15) is 21.6 Å². The Labute approximate surface area is 362 Å². The van der Waals surface area contributed by atoms with Gasteiger partial charge in [0.1, 0.15) is 0 Å². The van der Waals surface area contributed by atoms with Crippen molar-refractivity contribution in [3.05, 3.63) is 164 Å². The number of nitrogens with zero attached hydrogens (tertiary/aromatic N) is 1. The molecule has 1 aliphatic carbocycles. The topological polar surface area (TPSA) is 90.5 Å². The molecule has 6 rings (SSSR count). The number of hydrogen-bond donors (Lipinski definition) is 1. The number of rotatable bonds is 5. The summed E-state index contributed by atoms with van der Waals surface area (Å²) in [4.78, 5) is 0. The second-order valence-corrected chi connectivity index (χ2v) is 17.9. The first-order chi connectivity index (χ1) is 27.4. The van der Waals surface area contributed by atoms with Gasteiger partial charge in [-0.15, -0.1) is 5.69 Å². The molecule has 0 aromatic heterocycles. The molecule has 0 saturated heterocycles. The summed E-state index contributed by atoms with van der Waals surface area (Å²) >= 11 is 1.01. The molecule has 5 nitrogen and oxygen atoms in total. The first kappa shape index (κ1) is 47.8. The molecule has 5 aromatic carbocycles. The fourth-order valence-corrected chi connectivity index (χ4v) is 9.39. The maximum absolute atomic E-state index is 10.7. The first-order valence-electron chi connectivity index (χ1n) is 19.2. The van der Waals surface area contributed by atoms with Crippen LogP contribution in [-0.2, 0) is 31.0 Å². The van der Waals surface area contributed by atoms with Crippen molar-refractivity contribution < 1.29 is 47.0 Å². The van der Waals surface area contributed by atoms with Gasteiger partial charge in [0.25, 0.3) is 0 Å². The van der Waals surface area contributed by atoms with Gasteiger partial charge in [0.05, 0.1) is 0 Å². The minimum atomic E-state index is -5.84. The molecule has 2 N–H and O–H groups in total. The van der Waals surface area contributed by atoms with Gasteiger partial charge in [-0.1, -0.05) is 62.2 Å². The van der Waals surface area contributed by atoms with Crippen LogP contribution in [0.25, 0.3) is 39.1 Å². The Hall–Kier alpha value is -3.86. The van der Waals surface area contributed by atoms with Crippen LogP contribution in [0, 0.1) is 92.4 Å². The van der Waals surface area contributed by atoms with E-state index in [0.717, 1.165) is 44.1 Å². The van der Waals surface area contributed by atoms with E-state index in [4.69, 9.17) is 22.0 Å². The summed E-state index contributed by atoms with van der Waals surface area (Å²) in [5.74, 6) is 5.27. The minimum absolute atomic E-state index is 0.638. The molecule has 5 aromatic rings. The van der Waals surface area contributed by atoms with Gasteiger partial charge in [0, 0.05) is 5.92 Å². The normalized spacial score (nSPS) is 14.3. The van der Waals surface area contributed by atoms with Crippen LogP contribution in [0.3, 0.4) is 0 Å². The molecule has 0 spiro atoms. The molecule has 5 radical (unpaired) electrons. The number of benzene rings is 5. The van der Waals surface area contributed by atoms with E-state index < -0.39 is 15.6 Å². The van der Waals surface area contributed by atoms with Crippen molar-refractivity contribution in [1.82, 2.24) is 0 Å². The van der Waals surface area contributed by atoms with E-state index >= 15 is 0 Å². The third-order valence-electron chi connectivity index (χ3n) is 10.4. The summed E-state index contributed by atoms with van der Waals surface area (Å²) in [6, 6.07) is 26.4. The zero-order valence-electron chi connectivity index (χ0n) is 35.9. The fraction of sp³-hybridized carbons (Fsp3) is 0.286. The van der Waals surface area contributed by atoms with Crippen LogP contribution < -0.4 is 0 Å². The van der Waals surface area contributed by atoms with E-state index in [9.17, 15) is 13.2 Å². The van der Waals surface area contributed by atoms with Crippen LogP contribution in [0.15, 0.2) is 76.1 Å². The van der Waals surface area contributed by atoms with Gasteiger partial charge >= 0.3 is 185 Å². The zero-order chi connectivity index (χ0) is 44.3. The Bertz CT molecular complexity index is 2300. The maximum atomic E-state index is 10.7. The molecule has 0 unspecified atom stereocenters. The van der Waals surface area contributed by atoms with E-state index in [0.29, 0.717) is 5.69 Å². The van der Waals surface area contributed by atoms with Crippen molar-refractivity contribution in [2.24, 2.45) is 3.34 Å². The van der Waals surface area contributed by atoms with Crippen LogP contribution in [0.5, 0.6) is 0 Å². The fourth-order valence-electron chi connectivity index (χ4n) is 8.62. The largest absolute Gasteiger partial charge is 0.522 e. The predicted octanol–water partition coefficient (Wildman–Crippen LogP) is 14.9. The van der Waals surface area contributed by atoms with Gasteiger partial charge in [-0.05, 0) is 73.6 Å². The van der Waals surface area contributed by atoms with Gasteiger partial charge in [-0.3, -0.25) is 4.55 Å². The van der Waals surface area contributed by atoms with E-state index in [1.807, 2.05) is 0 Å². The molecular formula is C49H53F3N2O3STa-. The van der Waals surface area contributed by atoms with Crippen molar-refractivity contribution in [2.75, 3.05) is 0 Å². The van der Waals surface area contributed by atoms with Gasteiger partial charge in [-0.25, -0.2) is 0 Å². The molecule has 1 aliphatic rings. The number of alkyl halides is 3. The average molecular weight is 988 g/mol. The van der Waals surface area contributed by atoms with Crippen LogP contribution in [-0.4, -0.2) is 18.5 Å². The van der Waals surface area contributed by atoms with E-state index in [1.54, 1.807) is 0 Å². The Morgan fingerprint density at radius 1 is 0.610 bits per heavy atom. The standard InChI is InChI=1S/C24H27N.C24H25N.CHF3O3S.Ta/c2*1-14-10-16(3)22(17(4)11-14)20-8-7-9-21(24(20)25)23-18(5)12-15(2)13-19(23)6;2-1(3,4)8(5,6)7;/h7-12,25H,13H2,1-6H3;7-13H,1-6H3;(H,5,6,7);/q-1;;;. The number of nitrogens with one attached hydrogen (secondary N) is 1. The summed E-state index contributed by atoms with van der Waals surface area (Å²) in [6.07, 6.45) is 3.26. The quantitative estimate of drug-likeness (QED) is 0.140. The number of aryl methyl sites for hydroxylation is 9. The Morgan fingerprint density at radius 2 is 0.932 bits per heavy atom. The molecule has 0 heterocycles. The SMILES string of the molecule is C[C]1[CH][C](C)[C](c2cccc(-c3c(C)cc(C)cc3C)c2[NH-])[C](C)C1.Cc1cc(C)c(-c2cccc(-c3c(C)cc(C)cc3C)c2[N]=[Ta])c(C)c1.O=S(=O)(O)C(F)(F)F. The smallest absolute Gasteiger partial charge is 0.279 e. The second-order valence-electron chi connectivity index (χ2n) is 15.8. The molecule has 10 heteroatoms. The molecule has 1 fully saturated rings. The Morgan fingerprint density at radius 3 is 1.25 bits per heavy atom. The summed E-state index contributed by atoms with van der Waals surface area (Å²) in [5.41, 5.74) is 25.3. The van der Waals surface area contributed by atoms with Crippen molar-refractivity contribution >= 4 is 21.5 Å². The summed E-state index contributed by atoms with van der Waals surface area (Å²) in [7, 11) is -5.84. The molecule has 0 bridgehead atoms. The molecular weight excluding hydrogens is 935 g/mol. The second kappa shape index (κ2) is 19.2. The van der Waals surface area contributed by atoms with Crippen molar-refractivity contribution in [2.45, 2.75) is 95.0 Å². The molecule has 0 aliphatic heterocycles. The van der Waals surface area contributed by atoms with Crippen molar-refractivity contribution in [3.63, 3.8) is 0 Å². The van der Waals surface area contributed by atoms with Crippen LogP contribution in [0.4, 0.5) is 24.5 Å². The van der Waals surface area contributed by atoms with Crippen LogP contribution in [0.1, 0.15) is 82.8 Å². The predicted molar refractivity (Wildman–Crippen MR) is 234 cm³/mol. The van der Waals surface area contributed by atoms with Gasteiger partial charge in [0.15, 0.2) is 0 Å². The molecule has 310 valence electrons. The number of hydrogen-bond acceptors (Lipinski definition) is 3. The van der Waals surface area contributed by atoms with E-state index in [-0.39, 0.29) is 0 Å². The molecule has 0 atom stereocenters. The third-order valence-corrected chi connectivity index (χ3v) is 11.7. The Kier molecular flexibility index (Phi) is 15.6. The van der Waals surface area contributed by atoms with Gasteiger partial charge in [0.2, 0.25) is 0 Å². The summed E-state index contributed by atoms with van der Waals surface area (Å²) in [6.45, 7) is 26.1. The van der Waals surface area contributed by atoms with Crippen molar-refractivity contribution in [3.8, 4) is 33.4 Å². The third kappa shape index (κ3) is 11.1. The van der Waals surface area contributed by atoms with E-state index in [1.165, 1.54) is 102 Å². The molecule has 59 heavy (non-hydrogen) atoms. The van der Waals surface area contributed by atoms with Crippen LogP contribution >= 0.6 is 0 Å². The Balaban J connectivity index is 0.000000221.